The first-order valence-electron chi connectivity index (χ1n) is 12.2. The minimum Gasteiger partial charge on any atom is -0.349 e. The van der Waals surface area contributed by atoms with E-state index in [0.717, 1.165) is 30.1 Å². The molecule has 1 fully saturated rings. The summed E-state index contributed by atoms with van der Waals surface area (Å²) in [5.74, 6) is -2.30. The van der Waals surface area contributed by atoms with Crippen LogP contribution in [0.5, 0.6) is 0 Å². The third-order valence-electron chi connectivity index (χ3n) is 6.70. The Hall–Kier alpha value is -3.02. The van der Waals surface area contributed by atoms with Crippen LogP contribution < -0.4 is 16.0 Å². The Kier molecular flexibility index (Phi) is 8.46. The van der Waals surface area contributed by atoms with Gasteiger partial charge < -0.3 is 25.8 Å². The number of amides is 4. The van der Waals surface area contributed by atoms with Crippen LogP contribution in [0.3, 0.4) is 0 Å². The number of anilines is 1. The number of benzene rings is 1. The Bertz CT molecular complexity index is 1180. The second-order valence-corrected chi connectivity index (χ2v) is 11.3. The summed E-state index contributed by atoms with van der Waals surface area (Å²) in [5, 5.41) is 9.18. The van der Waals surface area contributed by atoms with E-state index in [0.29, 0.717) is 35.0 Å². The lowest BCUT2D eigenvalue weighted by atomic mass is 9.81. The summed E-state index contributed by atoms with van der Waals surface area (Å²) in [6.45, 7) is 1.64. The van der Waals surface area contributed by atoms with Crippen molar-refractivity contribution in [3.05, 3.63) is 44.9 Å². The van der Waals surface area contributed by atoms with E-state index in [2.05, 4.69) is 25.8 Å². The fraction of sp³-hybridized carbons (Fsp3) is 0.480. The highest BCUT2D eigenvalue weighted by atomic mass is 35.5. The molecule has 37 heavy (non-hydrogen) atoms. The zero-order chi connectivity index (χ0) is 26.7. The van der Waals surface area contributed by atoms with E-state index >= 15 is 0 Å². The lowest BCUT2D eigenvalue weighted by Crippen LogP contribution is -2.57. The Balaban J connectivity index is 1.45. The summed E-state index contributed by atoms with van der Waals surface area (Å²) < 4.78 is 0. The number of nitrogens with one attached hydrogen (secondary N) is 3. The zero-order valence-corrected chi connectivity index (χ0v) is 22.6. The Labute approximate surface area is 224 Å². The third kappa shape index (κ3) is 6.65. The summed E-state index contributed by atoms with van der Waals surface area (Å²) in [6.07, 6.45) is 2.11. The molecule has 12 heteroatoms. The molecular formula is C25H31ClN6O4S. The van der Waals surface area contributed by atoms with Crippen molar-refractivity contribution in [3.8, 4) is 0 Å². The van der Waals surface area contributed by atoms with Gasteiger partial charge in [0.15, 0.2) is 5.01 Å². The van der Waals surface area contributed by atoms with Gasteiger partial charge in [0.25, 0.3) is 5.91 Å². The molecule has 2 aliphatic rings. The molecule has 1 saturated carbocycles. The molecule has 10 nitrogen and oxygen atoms in total. The van der Waals surface area contributed by atoms with Gasteiger partial charge in [0.1, 0.15) is 0 Å². The molecule has 2 aromatic rings. The monoisotopic (exact) mass is 546 g/mol. The normalized spacial score (nSPS) is 21.5. The second-order valence-electron chi connectivity index (χ2n) is 9.74. The zero-order valence-electron chi connectivity index (χ0n) is 21.0. The van der Waals surface area contributed by atoms with Crippen molar-refractivity contribution in [2.45, 2.75) is 44.3 Å². The number of halogens is 1. The molecule has 3 atom stereocenters. The molecular weight excluding hydrogens is 516 g/mol. The molecule has 0 bridgehead atoms. The SMILES string of the molecule is CN1CCc2nc(C(=O)N[C@@H]3C[C@@H](C(=O)N(C)C)CC[C@H]3NC(=O)C(=O)Nc3ccc(Cl)cc3)sc2C1. The standard InChI is InChI=1S/C25H31ClN6O4S/c1-31(2)25(36)14-4-9-17(28-22(34)21(33)27-16-7-5-15(26)6-8-16)19(12-14)29-23(35)24-30-18-10-11-32(3)13-20(18)37-24/h5-8,14,17,19H,4,9-13H2,1-3H3,(H,27,33)(H,28,34)(H,29,35)/t14-,17+,19+/m0/s1. The summed E-state index contributed by atoms with van der Waals surface area (Å²) in [4.78, 5) is 60.4. The van der Waals surface area contributed by atoms with Crippen molar-refractivity contribution in [1.29, 1.82) is 0 Å². The highest BCUT2D eigenvalue weighted by Crippen LogP contribution is 2.28. The second kappa shape index (κ2) is 11.6. The number of rotatable bonds is 5. The molecule has 1 aromatic carbocycles. The Morgan fingerprint density at radius 3 is 2.49 bits per heavy atom. The van der Waals surface area contributed by atoms with Crippen molar-refractivity contribution < 1.29 is 19.2 Å². The van der Waals surface area contributed by atoms with Gasteiger partial charge in [-0.25, -0.2) is 4.98 Å². The van der Waals surface area contributed by atoms with E-state index in [1.54, 1.807) is 38.4 Å². The van der Waals surface area contributed by atoms with Gasteiger partial charge in [-0.3, -0.25) is 19.2 Å². The van der Waals surface area contributed by atoms with Crippen LogP contribution in [0.1, 0.15) is 39.6 Å². The summed E-state index contributed by atoms with van der Waals surface area (Å²) in [5.41, 5.74) is 1.38. The van der Waals surface area contributed by atoms with Crippen LogP contribution in [0.4, 0.5) is 5.69 Å². The van der Waals surface area contributed by atoms with Crippen molar-refractivity contribution in [3.63, 3.8) is 0 Å². The molecule has 0 spiro atoms. The molecule has 0 unspecified atom stereocenters. The number of hydrogen-bond donors (Lipinski definition) is 3. The molecule has 3 N–H and O–H groups in total. The molecule has 198 valence electrons. The molecule has 0 saturated heterocycles. The predicted octanol–water partition coefficient (Wildman–Crippen LogP) is 1.89. The average molecular weight is 547 g/mol. The first-order valence-corrected chi connectivity index (χ1v) is 13.4. The first kappa shape index (κ1) is 27.0. The van der Waals surface area contributed by atoms with Crippen LogP contribution in [-0.2, 0) is 27.3 Å². The predicted molar refractivity (Wildman–Crippen MR) is 141 cm³/mol. The summed E-state index contributed by atoms with van der Waals surface area (Å²) in [7, 11) is 5.42. The van der Waals surface area contributed by atoms with Crippen molar-refractivity contribution in [2.24, 2.45) is 5.92 Å². The molecule has 2 heterocycles. The number of likely N-dealkylation sites (N-methyl/N-ethyl adjacent to an activating group) is 1. The Morgan fingerprint density at radius 1 is 1.05 bits per heavy atom. The van der Waals surface area contributed by atoms with E-state index < -0.39 is 23.9 Å². The molecule has 1 aliphatic heterocycles. The van der Waals surface area contributed by atoms with Gasteiger partial charge in [0.05, 0.1) is 11.7 Å². The van der Waals surface area contributed by atoms with Crippen LogP contribution in [-0.4, -0.2) is 78.2 Å². The maximum absolute atomic E-state index is 13.2. The van der Waals surface area contributed by atoms with Gasteiger partial charge in [0, 0.05) is 61.2 Å². The minimum absolute atomic E-state index is 0.0303. The fourth-order valence-corrected chi connectivity index (χ4v) is 5.92. The maximum Gasteiger partial charge on any atom is 0.313 e. The lowest BCUT2D eigenvalue weighted by molar-refractivity contribution is -0.137. The number of hydrogen-bond acceptors (Lipinski definition) is 7. The van der Waals surface area contributed by atoms with Crippen LogP contribution >= 0.6 is 22.9 Å². The van der Waals surface area contributed by atoms with E-state index in [1.165, 1.54) is 16.2 Å². The number of aromatic nitrogens is 1. The summed E-state index contributed by atoms with van der Waals surface area (Å²) >= 11 is 7.24. The van der Waals surface area contributed by atoms with Crippen LogP contribution in [0.15, 0.2) is 24.3 Å². The molecule has 1 aromatic heterocycles. The third-order valence-corrected chi connectivity index (χ3v) is 8.03. The van der Waals surface area contributed by atoms with Gasteiger partial charge in [-0.05, 0) is 50.6 Å². The largest absolute Gasteiger partial charge is 0.349 e. The van der Waals surface area contributed by atoms with Crippen LogP contribution in [0, 0.1) is 5.92 Å². The maximum atomic E-state index is 13.2. The van der Waals surface area contributed by atoms with E-state index in [1.807, 2.05) is 7.05 Å². The highest BCUT2D eigenvalue weighted by molar-refractivity contribution is 7.13. The number of nitrogens with zero attached hydrogens (tertiary/aromatic N) is 3. The summed E-state index contributed by atoms with van der Waals surface area (Å²) in [6, 6.07) is 5.36. The topological polar surface area (TPSA) is 124 Å². The van der Waals surface area contributed by atoms with E-state index in [-0.39, 0.29) is 17.7 Å². The smallest absolute Gasteiger partial charge is 0.313 e. The molecule has 4 amide bonds. The lowest BCUT2D eigenvalue weighted by Gasteiger charge is -2.37. The first-order chi connectivity index (χ1) is 17.6. The molecule has 1 aliphatic carbocycles. The number of carbonyl (C=O) groups excluding carboxylic acids is 4. The molecule has 0 radical (unpaired) electrons. The van der Waals surface area contributed by atoms with Gasteiger partial charge in [-0.1, -0.05) is 11.6 Å². The Morgan fingerprint density at radius 2 is 1.78 bits per heavy atom. The van der Waals surface area contributed by atoms with Gasteiger partial charge >= 0.3 is 11.8 Å². The van der Waals surface area contributed by atoms with Crippen LogP contribution in [0.25, 0.3) is 0 Å². The fourth-order valence-electron chi connectivity index (χ4n) is 4.70. The van der Waals surface area contributed by atoms with E-state index in [9.17, 15) is 19.2 Å². The van der Waals surface area contributed by atoms with E-state index in [4.69, 9.17) is 11.6 Å². The number of thiazole rings is 1. The van der Waals surface area contributed by atoms with Crippen LogP contribution in [0.2, 0.25) is 5.02 Å². The molecule has 4 rings (SSSR count). The van der Waals surface area contributed by atoms with Crippen molar-refractivity contribution in [2.75, 3.05) is 33.0 Å². The minimum atomic E-state index is -0.824. The van der Waals surface area contributed by atoms with Gasteiger partial charge in [-0.15, -0.1) is 11.3 Å². The van der Waals surface area contributed by atoms with Gasteiger partial charge in [-0.2, -0.15) is 0 Å². The average Bonchev–Trinajstić information content (AvgIpc) is 3.29. The quantitative estimate of drug-likeness (QED) is 0.492. The van der Waals surface area contributed by atoms with Gasteiger partial charge in [0.2, 0.25) is 5.91 Å². The van der Waals surface area contributed by atoms with Crippen molar-refractivity contribution in [1.82, 2.24) is 25.4 Å². The number of fused-ring (bicyclic) bond motifs is 1. The highest BCUT2D eigenvalue weighted by Gasteiger charge is 2.37. The van der Waals surface area contributed by atoms with Crippen molar-refractivity contribution >= 4 is 52.3 Å². The number of carbonyl (C=O) groups is 4.